The lowest BCUT2D eigenvalue weighted by Crippen LogP contribution is -2.09. The van der Waals surface area contributed by atoms with E-state index in [0.29, 0.717) is 0 Å². The molecule has 2 nitrogen and oxygen atoms in total. The molecule has 1 aromatic carbocycles. The van der Waals surface area contributed by atoms with Crippen molar-refractivity contribution < 1.29 is 4.74 Å². The van der Waals surface area contributed by atoms with E-state index >= 15 is 0 Å². The predicted octanol–water partition coefficient (Wildman–Crippen LogP) is 3.19. The molecule has 1 fully saturated rings. The molecule has 16 heavy (non-hydrogen) atoms. The Bertz CT molecular complexity index is 356. The summed E-state index contributed by atoms with van der Waals surface area (Å²) in [5.41, 5.74) is 8.27. The van der Waals surface area contributed by atoms with Crippen LogP contribution in [0, 0.1) is 12.8 Å². The summed E-state index contributed by atoms with van der Waals surface area (Å²) in [5.74, 6) is 1.89. The Kier molecular flexibility index (Phi) is 3.49. The smallest absolute Gasteiger partial charge is 0.124 e. The van der Waals surface area contributed by atoms with Gasteiger partial charge in [-0.2, -0.15) is 0 Å². The van der Waals surface area contributed by atoms with Crippen molar-refractivity contribution in [1.82, 2.24) is 0 Å². The second kappa shape index (κ2) is 4.88. The van der Waals surface area contributed by atoms with Gasteiger partial charge in [-0.25, -0.2) is 0 Å². The van der Waals surface area contributed by atoms with Crippen molar-refractivity contribution in [1.29, 1.82) is 0 Å². The fourth-order valence-corrected chi connectivity index (χ4v) is 1.88. The SMILES string of the molecule is Cc1ccc([C@H](C)N)c(OCCC2CC2)c1. The first kappa shape index (κ1) is 11.5. The van der Waals surface area contributed by atoms with E-state index in [0.717, 1.165) is 23.8 Å². The van der Waals surface area contributed by atoms with Gasteiger partial charge in [0.2, 0.25) is 0 Å². The number of hydrogen-bond donors (Lipinski definition) is 1. The maximum absolute atomic E-state index is 5.93. The van der Waals surface area contributed by atoms with Crippen LogP contribution in [-0.4, -0.2) is 6.61 Å². The quantitative estimate of drug-likeness (QED) is 0.825. The average Bonchev–Trinajstić information content (AvgIpc) is 3.01. The first-order chi connectivity index (χ1) is 7.66. The Morgan fingerprint density at radius 2 is 2.19 bits per heavy atom. The van der Waals surface area contributed by atoms with Crippen LogP contribution in [0.4, 0.5) is 0 Å². The van der Waals surface area contributed by atoms with Crippen molar-refractivity contribution in [3.63, 3.8) is 0 Å². The van der Waals surface area contributed by atoms with Crippen molar-refractivity contribution in [2.24, 2.45) is 11.7 Å². The summed E-state index contributed by atoms with van der Waals surface area (Å²) in [6, 6.07) is 6.29. The van der Waals surface area contributed by atoms with Crippen LogP contribution in [0.25, 0.3) is 0 Å². The summed E-state index contributed by atoms with van der Waals surface area (Å²) in [7, 11) is 0. The molecular weight excluding hydrogens is 198 g/mol. The third kappa shape index (κ3) is 2.99. The normalized spacial score (nSPS) is 17.2. The molecule has 0 heterocycles. The summed E-state index contributed by atoms with van der Waals surface area (Å²) >= 11 is 0. The van der Waals surface area contributed by atoms with E-state index in [9.17, 15) is 0 Å². The van der Waals surface area contributed by atoms with Gasteiger partial charge in [-0.05, 0) is 37.8 Å². The molecule has 1 atom stereocenters. The highest BCUT2D eigenvalue weighted by atomic mass is 16.5. The monoisotopic (exact) mass is 219 g/mol. The molecule has 0 spiro atoms. The minimum Gasteiger partial charge on any atom is -0.493 e. The first-order valence-electron chi connectivity index (χ1n) is 6.15. The Morgan fingerprint density at radius 3 is 2.81 bits per heavy atom. The molecule has 1 aliphatic rings. The van der Waals surface area contributed by atoms with Crippen molar-refractivity contribution in [2.75, 3.05) is 6.61 Å². The van der Waals surface area contributed by atoms with Crippen molar-refractivity contribution in [3.05, 3.63) is 29.3 Å². The zero-order valence-electron chi connectivity index (χ0n) is 10.2. The van der Waals surface area contributed by atoms with Crippen LogP contribution < -0.4 is 10.5 Å². The van der Waals surface area contributed by atoms with Crippen LogP contribution in [0.3, 0.4) is 0 Å². The molecule has 0 bridgehead atoms. The van der Waals surface area contributed by atoms with E-state index in [1.54, 1.807) is 0 Å². The minimum atomic E-state index is 0.0384. The number of benzene rings is 1. The fraction of sp³-hybridized carbons (Fsp3) is 0.571. The van der Waals surface area contributed by atoms with Gasteiger partial charge in [0, 0.05) is 11.6 Å². The maximum atomic E-state index is 5.93. The molecule has 2 N–H and O–H groups in total. The van der Waals surface area contributed by atoms with E-state index < -0.39 is 0 Å². The number of hydrogen-bond acceptors (Lipinski definition) is 2. The van der Waals surface area contributed by atoms with E-state index in [1.165, 1.54) is 24.8 Å². The molecule has 2 rings (SSSR count). The molecule has 1 aromatic rings. The topological polar surface area (TPSA) is 35.2 Å². The van der Waals surface area contributed by atoms with Gasteiger partial charge in [0.15, 0.2) is 0 Å². The van der Waals surface area contributed by atoms with E-state index in [2.05, 4.69) is 25.1 Å². The molecule has 1 aliphatic carbocycles. The van der Waals surface area contributed by atoms with Gasteiger partial charge < -0.3 is 10.5 Å². The van der Waals surface area contributed by atoms with Crippen LogP contribution >= 0.6 is 0 Å². The second-order valence-electron chi connectivity index (χ2n) is 4.91. The van der Waals surface area contributed by atoms with Crippen molar-refractivity contribution in [3.8, 4) is 5.75 Å². The van der Waals surface area contributed by atoms with Gasteiger partial charge in [-0.1, -0.05) is 25.0 Å². The van der Waals surface area contributed by atoms with Crippen LogP contribution in [0.1, 0.15) is 43.4 Å². The predicted molar refractivity (Wildman–Crippen MR) is 66.6 cm³/mol. The van der Waals surface area contributed by atoms with E-state index in [-0.39, 0.29) is 6.04 Å². The molecule has 2 heteroatoms. The van der Waals surface area contributed by atoms with Gasteiger partial charge in [0.05, 0.1) is 6.61 Å². The summed E-state index contributed by atoms with van der Waals surface area (Å²) < 4.78 is 5.85. The van der Waals surface area contributed by atoms with Gasteiger partial charge in [0.1, 0.15) is 5.75 Å². The summed E-state index contributed by atoms with van der Waals surface area (Å²) in [5, 5.41) is 0. The maximum Gasteiger partial charge on any atom is 0.124 e. The largest absolute Gasteiger partial charge is 0.493 e. The standard InChI is InChI=1S/C14H21NO/c1-10-3-6-13(11(2)15)14(9-10)16-8-7-12-4-5-12/h3,6,9,11-12H,4-5,7-8,15H2,1-2H3/t11-/m0/s1. The molecule has 1 saturated carbocycles. The minimum absolute atomic E-state index is 0.0384. The lowest BCUT2D eigenvalue weighted by molar-refractivity contribution is 0.298. The highest BCUT2D eigenvalue weighted by molar-refractivity contribution is 5.38. The average molecular weight is 219 g/mol. The van der Waals surface area contributed by atoms with Crippen molar-refractivity contribution in [2.45, 2.75) is 39.2 Å². The molecule has 0 aromatic heterocycles. The molecule has 88 valence electrons. The fourth-order valence-electron chi connectivity index (χ4n) is 1.88. The van der Waals surface area contributed by atoms with Crippen LogP contribution in [-0.2, 0) is 0 Å². The zero-order valence-corrected chi connectivity index (χ0v) is 10.2. The summed E-state index contributed by atoms with van der Waals surface area (Å²) in [4.78, 5) is 0. The van der Waals surface area contributed by atoms with Crippen LogP contribution in [0.5, 0.6) is 5.75 Å². The lowest BCUT2D eigenvalue weighted by atomic mass is 10.1. The molecule has 0 amide bonds. The van der Waals surface area contributed by atoms with Gasteiger partial charge in [-0.3, -0.25) is 0 Å². The van der Waals surface area contributed by atoms with E-state index in [1.807, 2.05) is 6.92 Å². The Morgan fingerprint density at radius 1 is 1.44 bits per heavy atom. The van der Waals surface area contributed by atoms with Gasteiger partial charge in [0.25, 0.3) is 0 Å². The Balaban J connectivity index is 2.00. The van der Waals surface area contributed by atoms with E-state index in [4.69, 9.17) is 10.5 Å². The second-order valence-corrected chi connectivity index (χ2v) is 4.91. The van der Waals surface area contributed by atoms with Crippen LogP contribution in [0.15, 0.2) is 18.2 Å². The zero-order chi connectivity index (χ0) is 11.5. The molecule has 0 saturated heterocycles. The molecular formula is C14H21NO. The summed E-state index contributed by atoms with van der Waals surface area (Å²) in [6.07, 6.45) is 3.96. The third-order valence-electron chi connectivity index (χ3n) is 3.14. The molecule has 0 unspecified atom stereocenters. The third-order valence-corrected chi connectivity index (χ3v) is 3.14. The van der Waals surface area contributed by atoms with Crippen LogP contribution in [0.2, 0.25) is 0 Å². The highest BCUT2D eigenvalue weighted by Crippen LogP contribution is 2.33. The van der Waals surface area contributed by atoms with Gasteiger partial charge in [-0.15, -0.1) is 0 Å². The lowest BCUT2D eigenvalue weighted by Gasteiger charge is -2.14. The Labute approximate surface area is 97.8 Å². The first-order valence-corrected chi connectivity index (χ1v) is 6.15. The number of aryl methyl sites for hydroxylation is 1. The number of ether oxygens (including phenoxy) is 1. The number of rotatable bonds is 5. The Hall–Kier alpha value is -1.02. The summed E-state index contributed by atoms with van der Waals surface area (Å²) in [6.45, 7) is 4.91. The number of nitrogens with two attached hydrogens (primary N) is 1. The van der Waals surface area contributed by atoms with Gasteiger partial charge >= 0.3 is 0 Å². The van der Waals surface area contributed by atoms with Crippen molar-refractivity contribution >= 4 is 0 Å². The molecule has 0 radical (unpaired) electrons. The molecule has 0 aliphatic heterocycles. The highest BCUT2D eigenvalue weighted by Gasteiger charge is 2.21.